The third-order valence-corrected chi connectivity index (χ3v) is 7.54. The van der Waals surface area contributed by atoms with Crippen molar-refractivity contribution in [1.82, 2.24) is 21.3 Å². The first kappa shape index (κ1) is 28.6. The maximum Gasteiger partial charge on any atom is 0.246 e. The summed E-state index contributed by atoms with van der Waals surface area (Å²) in [5.74, 6) is -0.235. The van der Waals surface area contributed by atoms with Gasteiger partial charge in [-0.25, -0.2) is 0 Å². The first-order valence-corrected chi connectivity index (χ1v) is 13.9. The van der Waals surface area contributed by atoms with Gasteiger partial charge in [-0.2, -0.15) is 0 Å². The summed E-state index contributed by atoms with van der Waals surface area (Å²) in [5, 5.41) is 12.7. The number of carbonyl (C=O) groups is 3. The number of fused-ring (bicyclic) bond motifs is 1. The van der Waals surface area contributed by atoms with E-state index in [1.54, 1.807) is 26.0 Å². The molecule has 0 unspecified atom stereocenters. The van der Waals surface area contributed by atoms with Gasteiger partial charge < -0.3 is 26.0 Å². The predicted octanol–water partition coefficient (Wildman–Crippen LogP) is 3.39. The van der Waals surface area contributed by atoms with Gasteiger partial charge in [0.15, 0.2) is 0 Å². The molecule has 0 saturated heterocycles. The van der Waals surface area contributed by atoms with Gasteiger partial charge in [-0.15, -0.1) is 0 Å². The maximum absolute atomic E-state index is 13.8. The molecule has 4 N–H and O–H groups in total. The van der Waals surface area contributed by atoms with Gasteiger partial charge in [-0.3, -0.25) is 14.4 Å². The maximum atomic E-state index is 13.8. The lowest BCUT2D eigenvalue weighted by molar-refractivity contribution is -0.137. The van der Waals surface area contributed by atoms with Crippen LogP contribution >= 0.6 is 11.6 Å². The number of para-hydroxylation sites is 1. The van der Waals surface area contributed by atoms with Crippen molar-refractivity contribution in [1.29, 1.82) is 0 Å². The van der Waals surface area contributed by atoms with Crippen molar-refractivity contribution in [3.63, 3.8) is 0 Å². The Morgan fingerprint density at radius 3 is 2.54 bits per heavy atom. The van der Waals surface area contributed by atoms with Gasteiger partial charge in [-0.05, 0) is 50.5 Å². The molecule has 1 fully saturated rings. The number of rotatable bonds is 2. The molecule has 1 heterocycles. The molecule has 208 valence electrons. The molecule has 39 heavy (non-hydrogen) atoms. The molecule has 1 aliphatic heterocycles. The normalized spacial score (nSPS) is 22.0. The predicted molar refractivity (Wildman–Crippen MR) is 152 cm³/mol. The Bertz CT molecular complexity index is 1220. The summed E-state index contributed by atoms with van der Waals surface area (Å²) in [5.41, 5.74) is -0.330. The molecule has 1 aliphatic carbocycles. The Morgan fingerprint density at radius 2 is 1.77 bits per heavy atom. The molecule has 3 amide bonds. The largest absolute Gasteiger partial charge is 0.492 e. The van der Waals surface area contributed by atoms with Crippen molar-refractivity contribution in [2.24, 2.45) is 0 Å². The second kappa shape index (κ2) is 12.7. The number of carbonyl (C=O) groups excluding carboxylic acids is 3. The minimum absolute atomic E-state index is 0.260. The molecule has 0 radical (unpaired) electrons. The summed E-state index contributed by atoms with van der Waals surface area (Å²) in [6.45, 7) is 4.64. The molecule has 2 aromatic rings. The standard InChI is InChI=1S/C30H37ClN4O4/c1-29(2)27(37)35-30(14-5-6-15-30)28(38)34-24(20-21-9-7-12-23(31)19-21)26(36)32-16-8-11-22-10-3-4-13-25(22)39-18-17-33-29/h3-4,7-13,19,24,33H,5-6,14-18,20H2,1-2H3,(H,32,36)(H,34,38)(H,35,37)/t24-/m0/s1. The van der Waals surface area contributed by atoms with Gasteiger partial charge in [0.1, 0.15) is 23.9 Å². The molecule has 0 aromatic heterocycles. The van der Waals surface area contributed by atoms with Crippen molar-refractivity contribution >= 4 is 35.4 Å². The average Bonchev–Trinajstić information content (AvgIpc) is 3.38. The molecule has 1 atom stereocenters. The van der Waals surface area contributed by atoms with E-state index in [1.165, 1.54) is 0 Å². The highest BCUT2D eigenvalue weighted by Gasteiger charge is 2.45. The van der Waals surface area contributed by atoms with Crippen LogP contribution in [0.5, 0.6) is 5.75 Å². The Balaban J connectivity index is 1.63. The van der Waals surface area contributed by atoms with Crippen LogP contribution in [0.2, 0.25) is 5.02 Å². The first-order valence-electron chi connectivity index (χ1n) is 13.5. The van der Waals surface area contributed by atoms with Crippen LogP contribution in [-0.4, -0.2) is 54.5 Å². The molecule has 9 heteroatoms. The number of hydrogen-bond acceptors (Lipinski definition) is 5. The van der Waals surface area contributed by atoms with Crippen molar-refractivity contribution in [3.05, 3.63) is 70.8 Å². The smallest absolute Gasteiger partial charge is 0.246 e. The number of benzene rings is 2. The molecule has 2 aliphatic rings. The van der Waals surface area contributed by atoms with Gasteiger partial charge in [0.2, 0.25) is 17.7 Å². The molecule has 1 spiro atoms. The Hall–Kier alpha value is -3.36. The molecular formula is C30H37ClN4O4. The van der Waals surface area contributed by atoms with E-state index in [9.17, 15) is 14.4 Å². The van der Waals surface area contributed by atoms with E-state index in [0.717, 1.165) is 24.0 Å². The summed E-state index contributed by atoms with van der Waals surface area (Å²) >= 11 is 6.18. The number of nitrogens with one attached hydrogen (secondary N) is 4. The summed E-state index contributed by atoms with van der Waals surface area (Å²) in [6, 6.07) is 14.0. The minimum Gasteiger partial charge on any atom is -0.492 e. The number of halogens is 1. The van der Waals surface area contributed by atoms with Crippen LogP contribution in [0.15, 0.2) is 54.6 Å². The quantitative estimate of drug-likeness (QED) is 0.457. The van der Waals surface area contributed by atoms with Gasteiger partial charge in [0.05, 0.1) is 5.54 Å². The van der Waals surface area contributed by atoms with E-state index >= 15 is 0 Å². The zero-order valence-electron chi connectivity index (χ0n) is 22.5. The van der Waals surface area contributed by atoms with Crippen LogP contribution in [-0.2, 0) is 20.8 Å². The minimum atomic E-state index is -1.08. The van der Waals surface area contributed by atoms with Crippen LogP contribution in [0.1, 0.15) is 50.7 Å². The SMILES string of the molecule is CC1(C)NCCOc2ccccc2C=CCNC(=O)[C@H](Cc2cccc(Cl)c2)NC(=O)C2(CCCC2)NC1=O. The van der Waals surface area contributed by atoms with Crippen LogP contribution in [0, 0.1) is 0 Å². The van der Waals surface area contributed by atoms with Crippen molar-refractivity contribution in [2.45, 2.75) is 63.1 Å². The highest BCUT2D eigenvalue weighted by molar-refractivity contribution is 6.30. The van der Waals surface area contributed by atoms with E-state index in [4.69, 9.17) is 16.3 Å². The topological polar surface area (TPSA) is 109 Å². The highest BCUT2D eigenvalue weighted by Crippen LogP contribution is 2.31. The highest BCUT2D eigenvalue weighted by atomic mass is 35.5. The zero-order chi connectivity index (χ0) is 27.9. The van der Waals surface area contributed by atoms with E-state index in [-0.39, 0.29) is 30.7 Å². The van der Waals surface area contributed by atoms with Crippen LogP contribution in [0.3, 0.4) is 0 Å². The third-order valence-electron chi connectivity index (χ3n) is 7.30. The molecule has 4 rings (SSSR count). The zero-order valence-corrected chi connectivity index (χ0v) is 23.3. The summed E-state index contributed by atoms with van der Waals surface area (Å²) in [7, 11) is 0. The molecule has 8 nitrogen and oxygen atoms in total. The lowest BCUT2D eigenvalue weighted by Gasteiger charge is -2.35. The van der Waals surface area contributed by atoms with Gasteiger partial charge in [-0.1, -0.05) is 66.9 Å². The monoisotopic (exact) mass is 552 g/mol. The second-order valence-electron chi connectivity index (χ2n) is 10.7. The fourth-order valence-corrected chi connectivity index (χ4v) is 5.20. The molecule has 1 saturated carbocycles. The van der Waals surface area contributed by atoms with Crippen LogP contribution in [0.25, 0.3) is 6.08 Å². The summed E-state index contributed by atoms with van der Waals surface area (Å²) in [6.07, 6.45) is 6.64. The van der Waals surface area contributed by atoms with Crippen LogP contribution in [0.4, 0.5) is 0 Å². The first-order chi connectivity index (χ1) is 18.7. The third kappa shape index (κ3) is 7.40. The summed E-state index contributed by atoms with van der Waals surface area (Å²) < 4.78 is 5.98. The van der Waals surface area contributed by atoms with Gasteiger partial charge in [0.25, 0.3) is 0 Å². The van der Waals surface area contributed by atoms with E-state index < -0.39 is 17.1 Å². The van der Waals surface area contributed by atoms with Crippen molar-refractivity contribution < 1.29 is 19.1 Å². The molecular weight excluding hydrogens is 516 g/mol. The van der Waals surface area contributed by atoms with E-state index in [0.29, 0.717) is 36.8 Å². The van der Waals surface area contributed by atoms with Crippen molar-refractivity contribution in [3.8, 4) is 5.75 Å². The molecule has 0 bridgehead atoms. The lowest BCUT2D eigenvalue weighted by Crippen LogP contribution is -2.65. The van der Waals surface area contributed by atoms with Gasteiger partial charge >= 0.3 is 0 Å². The van der Waals surface area contributed by atoms with Gasteiger partial charge in [0, 0.05) is 30.1 Å². The van der Waals surface area contributed by atoms with E-state index in [2.05, 4.69) is 21.3 Å². The number of hydrogen-bond donors (Lipinski definition) is 4. The van der Waals surface area contributed by atoms with Crippen molar-refractivity contribution in [2.75, 3.05) is 19.7 Å². The number of ether oxygens (including phenoxy) is 1. The Kier molecular flexibility index (Phi) is 9.30. The summed E-state index contributed by atoms with van der Waals surface area (Å²) in [4.78, 5) is 40.5. The fraction of sp³-hybridized carbons (Fsp3) is 0.433. The van der Waals surface area contributed by atoms with E-state index in [1.807, 2.05) is 48.6 Å². The van der Waals surface area contributed by atoms with Crippen LogP contribution < -0.4 is 26.0 Å². The Morgan fingerprint density at radius 1 is 1.00 bits per heavy atom. The Labute approximate surface area is 234 Å². The average molecular weight is 553 g/mol. The second-order valence-corrected chi connectivity index (χ2v) is 11.1. The lowest BCUT2D eigenvalue weighted by atomic mass is 9.92. The molecule has 2 aromatic carbocycles. The number of amides is 3. The fourth-order valence-electron chi connectivity index (χ4n) is 4.99.